The van der Waals surface area contributed by atoms with Crippen molar-refractivity contribution in [2.75, 3.05) is 12.4 Å². The van der Waals surface area contributed by atoms with E-state index >= 15 is 0 Å². The van der Waals surface area contributed by atoms with Gasteiger partial charge in [-0.1, -0.05) is 18.9 Å². The van der Waals surface area contributed by atoms with Gasteiger partial charge in [0, 0.05) is 36.3 Å². The molecule has 1 fully saturated rings. The van der Waals surface area contributed by atoms with Gasteiger partial charge in [0.25, 0.3) is 5.56 Å². The van der Waals surface area contributed by atoms with E-state index in [1.807, 2.05) is 30.7 Å². The van der Waals surface area contributed by atoms with E-state index in [9.17, 15) is 9.18 Å². The third-order valence-corrected chi connectivity index (χ3v) is 5.35. The number of aromatic nitrogens is 2. The van der Waals surface area contributed by atoms with Crippen molar-refractivity contribution >= 4 is 16.7 Å². The number of benzene rings is 1. The van der Waals surface area contributed by atoms with Crippen LogP contribution < -0.4 is 10.9 Å². The first-order valence-corrected chi connectivity index (χ1v) is 9.08. The summed E-state index contributed by atoms with van der Waals surface area (Å²) in [5, 5.41) is 3.98. The maximum atomic E-state index is 13.5. The zero-order valence-electron chi connectivity index (χ0n) is 15.1. The van der Waals surface area contributed by atoms with Crippen molar-refractivity contribution in [1.29, 1.82) is 0 Å². The number of fused-ring (bicyclic) bond motifs is 1. The monoisotopic (exact) mass is 351 g/mol. The topological polar surface area (TPSA) is 46.9 Å². The molecule has 0 unspecified atom stereocenters. The fourth-order valence-corrected chi connectivity index (χ4v) is 4.02. The molecule has 2 aromatic heterocycles. The first-order chi connectivity index (χ1) is 12.6. The van der Waals surface area contributed by atoms with Gasteiger partial charge in [0.15, 0.2) is 0 Å². The number of hydrogen-bond acceptors (Lipinski definition) is 3. The number of rotatable bonds is 3. The summed E-state index contributed by atoms with van der Waals surface area (Å²) in [4.78, 5) is 17.8. The molecule has 1 aliphatic rings. The Bertz CT molecular complexity index is 1040. The van der Waals surface area contributed by atoms with Gasteiger partial charge < -0.3 is 9.88 Å². The summed E-state index contributed by atoms with van der Waals surface area (Å²) in [5.74, 6) is 0.456. The Balaban J connectivity index is 2.03. The number of pyridine rings is 2. The Kier molecular flexibility index (Phi) is 4.23. The Labute approximate surface area is 151 Å². The van der Waals surface area contributed by atoms with Crippen LogP contribution in [0.4, 0.5) is 10.2 Å². The second-order valence-corrected chi connectivity index (χ2v) is 7.01. The molecule has 0 radical (unpaired) electrons. The van der Waals surface area contributed by atoms with E-state index in [1.54, 1.807) is 12.3 Å². The number of nitrogens with zero attached hydrogens (tertiary/aromatic N) is 2. The molecule has 5 heteroatoms. The molecular weight excluding hydrogens is 329 g/mol. The second-order valence-electron chi connectivity index (χ2n) is 7.01. The van der Waals surface area contributed by atoms with Crippen molar-refractivity contribution in [1.82, 2.24) is 9.55 Å². The Hall–Kier alpha value is -2.69. The van der Waals surface area contributed by atoms with E-state index in [4.69, 9.17) is 0 Å². The number of halogens is 1. The molecule has 0 saturated heterocycles. The smallest absolute Gasteiger partial charge is 0.259 e. The first-order valence-electron chi connectivity index (χ1n) is 9.08. The molecule has 0 bridgehead atoms. The molecule has 2 heterocycles. The van der Waals surface area contributed by atoms with Gasteiger partial charge in [0.1, 0.15) is 11.6 Å². The van der Waals surface area contributed by atoms with Gasteiger partial charge in [-0.2, -0.15) is 0 Å². The predicted molar refractivity (Wildman–Crippen MR) is 103 cm³/mol. The van der Waals surface area contributed by atoms with Crippen LogP contribution in [0.15, 0.2) is 41.3 Å². The van der Waals surface area contributed by atoms with E-state index in [0.717, 1.165) is 53.5 Å². The molecule has 0 amide bonds. The van der Waals surface area contributed by atoms with Crippen molar-refractivity contribution < 1.29 is 4.39 Å². The van der Waals surface area contributed by atoms with Gasteiger partial charge in [0.2, 0.25) is 0 Å². The van der Waals surface area contributed by atoms with Crippen molar-refractivity contribution in [2.24, 2.45) is 0 Å². The lowest BCUT2D eigenvalue weighted by Crippen LogP contribution is -2.25. The molecule has 0 spiro atoms. The second kappa shape index (κ2) is 6.56. The summed E-state index contributed by atoms with van der Waals surface area (Å²) in [5.41, 5.74) is 3.06. The summed E-state index contributed by atoms with van der Waals surface area (Å²) in [6.07, 6.45) is 6.11. The zero-order valence-corrected chi connectivity index (χ0v) is 15.1. The van der Waals surface area contributed by atoms with Gasteiger partial charge in [-0.05, 0) is 49.1 Å². The highest BCUT2D eigenvalue weighted by molar-refractivity contribution is 5.86. The fraction of sp³-hybridized carbons (Fsp3) is 0.333. The third-order valence-electron chi connectivity index (χ3n) is 5.35. The van der Waals surface area contributed by atoms with Gasteiger partial charge >= 0.3 is 0 Å². The number of aryl methyl sites for hydroxylation is 1. The highest BCUT2D eigenvalue weighted by Gasteiger charge is 2.22. The van der Waals surface area contributed by atoms with Crippen LogP contribution in [0, 0.1) is 12.7 Å². The lowest BCUT2D eigenvalue weighted by Gasteiger charge is -2.19. The summed E-state index contributed by atoms with van der Waals surface area (Å²) in [6, 6.07) is 8.61. The molecule has 1 aliphatic carbocycles. The quantitative estimate of drug-likeness (QED) is 0.746. The van der Waals surface area contributed by atoms with E-state index in [0.29, 0.717) is 5.56 Å². The summed E-state index contributed by atoms with van der Waals surface area (Å²) in [7, 11) is 1.82. The minimum atomic E-state index is -0.288. The zero-order chi connectivity index (χ0) is 18.3. The van der Waals surface area contributed by atoms with Gasteiger partial charge in [-0.15, -0.1) is 0 Å². The van der Waals surface area contributed by atoms with Crippen LogP contribution >= 0.6 is 0 Å². The van der Waals surface area contributed by atoms with Gasteiger partial charge in [-0.25, -0.2) is 9.37 Å². The van der Waals surface area contributed by atoms with Crippen LogP contribution in [-0.2, 0) is 0 Å². The molecule has 134 valence electrons. The molecule has 0 aliphatic heterocycles. The molecular formula is C21H22FN3O. The summed E-state index contributed by atoms with van der Waals surface area (Å²) in [6.45, 7) is 1.84. The standard InChI is InChI=1S/C21H22FN3O/c1-13-9-15(22)7-8-17(13)18-10-14-12-24-20(23-2)11-19(14)25(21(18)26)16-5-3-4-6-16/h7-12,16H,3-6H2,1-2H3,(H,23,24). The largest absolute Gasteiger partial charge is 0.373 e. The van der Waals surface area contributed by atoms with Crippen molar-refractivity contribution in [3.63, 3.8) is 0 Å². The molecule has 26 heavy (non-hydrogen) atoms. The van der Waals surface area contributed by atoms with Gasteiger partial charge in [0.05, 0.1) is 5.52 Å². The molecule has 3 aromatic rings. The number of hydrogen-bond donors (Lipinski definition) is 1. The number of nitrogens with one attached hydrogen (secondary N) is 1. The maximum absolute atomic E-state index is 13.5. The van der Waals surface area contributed by atoms with Crippen molar-refractivity contribution in [3.05, 3.63) is 58.3 Å². The lowest BCUT2D eigenvalue weighted by atomic mass is 10.00. The molecule has 1 aromatic carbocycles. The first kappa shape index (κ1) is 16.8. The highest BCUT2D eigenvalue weighted by Crippen LogP contribution is 2.33. The molecule has 1 N–H and O–H groups in total. The minimum Gasteiger partial charge on any atom is -0.373 e. The summed E-state index contributed by atoms with van der Waals surface area (Å²) < 4.78 is 15.5. The lowest BCUT2D eigenvalue weighted by molar-refractivity contribution is 0.520. The molecule has 4 rings (SSSR count). The van der Waals surface area contributed by atoms with Crippen LogP contribution in [0.1, 0.15) is 37.3 Å². The number of anilines is 1. The molecule has 0 atom stereocenters. The Morgan fingerprint density at radius 1 is 1.15 bits per heavy atom. The SMILES string of the molecule is CNc1cc2c(cn1)cc(-c1ccc(F)cc1C)c(=O)n2C1CCCC1. The highest BCUT2D eigenvalue weighted by atomic mass is 19.1. The van der Waals surface area contributed by atoms with E-state index in [2.05, 4.69) is 10.3 Å². The van der Waals surface area contributed by atoms with Crippen LogP contribution in [0.2, 0.25) is 0 Å². The van der Waals surface area contributed by atoms with Crippen LogP contribution in [0.25, 0.3) is 22.0 Å². The maximum Gasteiger partial charge on any atom is 0.259 e. The van der Waals surface area contributed by atoms with Crippen LogP contribution in [0.5, 0.6) is 0 Å². The average Bonchev–Trinajstić information content (AvgIpc) is 3.15. The molecule has 4 nitrogen and oxygen atoms in total. The fourth-order valence-electron chi connectivity index (χ4n) is 4.02. The third kappa shape index (κ3) is 2.77. The van der Waals surface area contributed by atoms with E-state index in [-0.39, 0.29) is 17.4 Å². The Morgan fingerprint density at radius 3 is 2.62 bits per heavy atom. The average molecular weight is 351 g/mol. The van der Waals surface area contributed by atoms with Crippen LogP contribution in [-0.4, -0.2) is 16.6 Å². The molecule has 1 saturated carbocycles. The predicted octanol–water partition coefficient (Wildman–Crippen LogP) is 4.67. The Morgan fingerprint density at radius 2 is 1.92 bits per heavy atom. The van der Waals surface area contributed by atoms with Crippen molar-refractivity contribution in [3.8, 4) is 11.1 Å². The summed E-state index contributed by atoms with van der Waals surface area (Å²) >= 11 is 0. The van der Waals surface area contributed by atoms with Crippen LogP contribution in [0.3, 0.4) is 0 Å². The van der Waals surface area contributed by atoms with E-state index in [1.165, 1.54) is 12.1 Å². The van der Waals surface area contributed by atoms with Gasteiger partial charge in [-0.3, -0.25) is 4.79 Å². The van der Waals surface area contributed by atoms with Crippen molar-refractivity contribution in [2.45, 2.75) is 38.6 Å². The normalized spacial score (nSPS) is 14.9. The minimum absolute atomic E-state index is 0.00707. The van der Waals surface area contributed by atoms with E-state index < -0.39 is 0 Å².